The number of ketones is 2. The van der Waals surface area contributed by atoms with Crippen LogP contribution in [-0.2, 0) is 20.8 Å². The second kappa shape index (κ2) is 8.21. The molecule has 0 spiro atoms. The number of nitrogens with zero attached hydrogens (tertiary/aromatic N) is 3. The first kappa shape index (κ1) is 26.1. The van der Waals surface area contributed by atoms with E-state index >= 15 is 0 Å². The second-order valence-electron chi connectivity index (χ2n) is 10.5. The van der Waals surface area contributed by atoms with Crippen LogP contribution < -0.4 is 17.2 Å². The number of carbonyl (C=O) groups excluding carboxylic acids is 3. The summed E-state index contributed by atoms with van der Waals surface area (Å²) in [5.41, 5.74) is 12.8. The first-order valence-corrected chi connectivity index (χ1v) is 11.9. The van der Waals surface area contributed by atoms with Crippen LogP contribution in [0, 0.1) is 16.7 Å². The van der Waals surface area contributed by atoms with Crippen molar-refractivity contribution in [3.8, 4) is 22.9 Å². The Labute approximate surface area is 222 Å². The van der Waals surface area contributed by atoms with E-state index in [1.54, 1.807) is 36.7 Å². The predicted molar refractivity (Wildman–Crippen MR) is 137 cm³/mol. The first-order valence-electron chi connectivity index (χ1n) is 11.9. The highest BCUT2D eigenvalue weighted by Crippen LogP contribution is 2.58. The molecule has 200 valence electrons. The third-order valence-corrected chi connectivity index (χ3v) is 8.12. The molecule has 1 heterocycles. The number of nitrogens with two attached hydrogens (primary N) is 3. The van der Waals surface area contributed by atoms with Crippen LogP contribution in [0.1, 0.15) is 17.5 Å². The summed E-state index contributed by atoms with van der Waals surface area (Å²) >= 11 is 0. The Balaban J connectivity index is 1.87. The lowest BCUT2D eigenvalue weighted by molar-refractivity contribution is -0.139. The Bertz CT molecular complexity index is 1590. The molecule has 0 unspecified atom stereocenters. The molecule has 0 saturated heterocycles. The molecule has 4 atom stereocenters. The number of aliphatic hydroxyl groups is 2. The zero-order valence-electron chi connectivity index (χ0n) is 21.1. The average Bonchev–Trinajstić information content (AvgIpc) is 2.83. The van der Waals surface area contributed by atoms with Gasteiger partial charge in [0.25, 0.3) is 5.91 Å². The van der Waals surface area contributed by atoms with E-state index in [1.165, 1.54) is 25.1 Å². The summed E-state index contributed by atoms with van der Waals surface area (Å²) in [5, 5.41) is 43.9. The lowest BCUT2D eigenvalue weighted by atomic mass is 9.47. The van der Waals surface area contributed by atoms with Gasteiger partial charge in [0.15, 0.2) is 17.0 Å². The highest BCUT2D eigenvalue weighted by atomic mass is 16.3. The van der Waals surface area contributed by atoms with Gasteiger partial charge in [0.2, 0.25) is 0 Å². The number of pyridine rings is 1. The van der Waals surface area contributed by atoms with E-state index in [2.05, 4.69) is 4.98 Å². The summed E-state index contributed by atoms with van der Waals surface area (Å²) in [6, 6.07) is 6.72. The van der Waals surface area contributed by atoms with Gasteiger partial charge in [0, 0.05) is 12.4 Å². The molecule has 12 nitrogen and oxygen atoms in total. The molecule has 3 aliphatic carbocycles. The lowest BCUT2D eigenvalue weighted by Crippen LogP contribution is -2.80. The molecular formula is C27H26N6O6. The molecule has 9 N–H and O–H groups in total. The molecule has 39 heavy (non-hydrogen) atoms. The summed E-state index contributed by atoms with van der Waals surface area (Å²) in [5.74, 6) is -5.71. The minimum atomic E-state index is -2.69. The Morgan fingerprint density at radius 3 is 2.33 bits per heavy atom. The summed E-state index contributed by atoms with van der Waals surface area (Å²) in [6.07, 6.45) is 2.57. The Morgan fingerprint density at radius 2 is 1.77 bits per heavy atom. The molecule has 0 aliphatic heterocycles. The quantitative estimate of drug-likeness (QED) is 0.288. The normalized spacial score (nSPS) is 30.0. The number of primary amides is 1. The third kappa shape index (κ3) is 3.09. The number of aromatic hydroxyl groups is 1. The van der Waals surface area contributed by atoms with Crippen LogP contribution in [0.3, 0.4) is 0 Å². The maximum absolute atomic E-state index is 14.3. The molecule has 2 aromatic rings. The molecule has 1 amide bonds. The largest absolute Gasteiger partial charge is 0.509 e. The van der Waals surface area contributed by atoms with E-state index in [1.807, 2.05) is 0 Å². The maximum atomic E-state index is 14.3. The standard InChI is InChI=1S/C27H26N6O6/c1-33(2)21-20(36)17(24(29)39)22(37)26(11-28)23(38)18-19(35)16-14(9-25(18,30)10-27(21,26)31)13(3-4-15(16)34)12-5-7-32-8-6-12/h3-8,21,34-35,37H,9-10,30-31H2,1-2H3,(H2,29,39)/t21-,25-,26+,27-/m1/s1. The highest BCUT2D eigenvalue weighted by Gasteiger charge is 2.74. The fourth-order valence-electron chi connectivity index (χ4n) is 6.63. The SMILES string of the molecule is CN(C)[C@@H]1C(=O)C(C(N)=O)=C(O)[C@@]2(C#N)C(=O)C3=C(O)c4c(O)ccc(-c5ccncc5)c4C[C@@]3(N)C[C@@]12N. The zero-order chi connectivity index (χ0) is 28.7. The number of phenolic OH excluding ortho intramolecular Hbond substituents is 1. The molecule has 0 radical (unpaired) electrons. The number of aliphatic hydroxyl groups excluding tert-OH is 2. The number of hydrogen-bond donors (Lipinski definition) is 6. The number of carbonyl (C=O) groups is 3. The number of fused-ring (bicyclic) bond motifs is 3. The van der Waals surface area contributed by atoms with Crippen LogP contribution in [0.5, 0.6) is 5.75 Å². The van der Waals surface area contributed by atoms with Crippen LogP contribution in [-0.4, -0.2) is 73.9 Å². The van der Waals surface area contributed by atoms with Crippen molar-refractivity contribution < 1.29 is 29.7 Å². The van der Waals surface area contributed by atoms with Crippen molar-refractivity contribution in [2.75, 3.05) is 14.1 Å². The van der Waals surface area contributed by atoms with Crippen LogP contribution in [0.25, 0.3) is 16.9 Å². The molecule has 12 heteroatoms. The van der Waals surface area contributed by atoms with Gasteiger partial charge in [-0.2, -0.15) is 5.26 Å². The van der Waals surface area contributed by atoms with Crippen molar-refractivity contribution in [3.63, 3.8) is 0 Å². The number of Topliss-reactive ketones (excluding diaryl/α,β-unsaturated/α-hetero) is 2. The van der Waals surface area contributed by atoms with Gasteiger partial charge in [0.05, 0.1) is 34.3 Å². The molecule has 1 fully saturated rings. The first-order chi connectivity index (χ1) is 18.3. The minimum absolute atomic E-state index is 0.0685. The van der Waals surface area contributed by atoms with E-state index in [4.69, 9.17) is 17.2 Å². The van der Waals surface area contributed by atoms with Gasteiger partial charge in [-0.15, -0.1) is 0 Å². The number of nitriles is 1. The number of hydrogen-bond acceptors (Lipinski definition) is 11. The van der Waals surface area contributed by atoms with E-state index in [-0.39, 0.29) is 17.7 Å². The monoisotopic (exact) mass is 530 g/mol. The second-order valence-corrected chi connectivity index (χ2v) is 10.5. The maximum Gasteiger partial charge on any atom is 0.255 e. The number of benzene rings is 1. The third-order valence-electron chi connectivity index (χ3n) is 8.12. The number of aromatic nitrogens is 1. The van der Waals surface area contributed by atoms with E-state index in [0.717, 1.165) is 0 Å². The Hall–Kier alpha value is -4.57. The van der Waals surface area contributed by atoms with Crippen LogP contribution >= 0.6 is 0 Å². The van der Waals surface area contributed by atoms with Gasteiger partial charge >= 0.3 is 0 Å². The van der Waals surface area contributed by atoms with Crippen molar-refractivity contribution in [2.45, 2.75) is 30.0 Å². The van der Waals surface area contributed by atoms with Gasteiger partial charge in [-0.3, -0.25) is 24.3 Å². The van der Waals surface area contributed by atoms with E-state index in [9.17, 15) is 35.0 Å². The van der Waals surface area contributed by atoms with Gasteiger partial charge in [-0.25, -0.2) is 0 Å². The summed E-state index contributed by atoms with van der Waals surface area (Å²) in [4.78, 5) is 45.4. The Kier molecular flexibility index (Phi) is 5.49. The van der Waals surface area contributed by atoms with Crippen molar-refractivity contribution in [1.29, 1.82) is 5.26 Å². The topological polar surface area (TPSA) is 230 Å². The molecule has 3 aliphatic rings. The molecule has 1 aromatic carbocycles. The molecule has 1 aromatic heterocycles. The van der Waals surface area contributed by atoms with Gasteiger partial charge < -0.3 is 32.5 Å². The molecule has 5 rings (SSSR count). The van der Waals surface area contributed by atoms with Crippen LogP contribution in [0.15, 0.2) is 53.6 Å². The number of amides is 1. The zero-order valence-corrected chi connectivity index (χ0v) is 21.1. The summed E-state index contributed by atoms with van der Waals surface area (Å²) in [6.45, 7) is 0. The van der Waals surface area contributed by atoms with Crippen LogP contribution in [0.4, 0.5) is 0 Å². The predicted octanol–water partition coefficient (Wildman–Crippen LogP) is -0.0325. The Morgan fingerprint density at radius 1 is 1.13 bits per heavy atom. The molecule has 1 saturated carbocycles. The number of phenols is 1. The van der Waals surface area contributed by atoms with E-state index in [0.29, 0.717) is 16.7 Å². The molecular weight excluding hydrogens is 504 g/mol. The van der Waals surface area contributed by atoms with Crippen LogP contribution in [0.2, 0.25) is 0 Å². The smallest absolute Gasteiger partial charge is 0.255 e. The van der Waals surface area contributed by atoms with Crippen molar-refractivity contribution in [2.24, 2.45) is 22.6 Å². The highest BCUT2D eigenvalue weighted by molar-refractivity contribution is 6.25. The van der Waals surface area contributed by atoms with Crippen molar-refractivity contribution >= 4 is 23.2 Å². The van der Waals surface area contributed by atoms with E-state index < -0.39 is 69.1 Å². The van der Waals surface area contributed by atoms with Crippen molar-refractivity contribution in [3.05, 3.63) is 64.7 Å². The van der Waals surface area contributed by atoms with Gasteiger partial charge in [0.1, 0.15) is 22.8 Å². The van der Waals surface area contributed by atoms with Gasteiger partial charge in [-0.1, -0.05) is 6.07 Å². The summed E-state index contributed by atoms with van der Waals surface area (Å²) in [7, 11) is 2.93. The van der Waals surface area contributed by atoms with Gasteiger partial charge in [-0.05, 0) is 61.8 Å². The number of likely N-dealkylation sites (N-methyl/N-ethyl adjacent to an activating group) is 1. The summed E-state index contributed by atoms with van der Waals surface area (Å²) < 4.78 is 0. The number of rotatable bonds is 3. The fraction of sp³-hybridized carbons (Fsp3) is 0.296. The average molecular weight is 531 g/mol. The lowest BCUT2D eigenvalue weighted by Gasteiger charge is -2.58. The minimum Gasteiger partial charge on any atom is -0.509 e. The fourth-order valence-corrected chi connectivity index (χ4v) is 6.63. The molecule has 0 bridgehead atoms. The van der Waals surface area contributed by atoms with Crippen molar-refractivity contribution in [1.82, 2.24) is 9.88 Å².